The minimum absolute atomic E-state index is 0.180. The molecule has 0 atom stereocenters. The Morgan fingerprint density at radius 2 is 2.16 bits per heavy atom. The summed E-state index contributed by atoms with van der Waals surface area (Å²) in [4.78, 5) is 11.9. The van der Waals surface area contributed by atoms with E-state index >= 15 is 0 Å². The Morgan fingerprint density at radius 3 is 2.79 bits per heavy atom. The maximum atomic E-state index is 11.9. The highest BCUT2D eigenvalue weighted by Crippen LogP contribution is 2.15. The van der Waals surface area contributed by atoms with Crippen LogP contribution in [0.5, 0.6) is 0 Å². The van der Waals surface area contributed by atoms with E-state index in [9.17, 15) is 4.79 Å². The molecule has 5 nitrogen and oxygen atoms in total. The Morgan fingerprint density at radius 1 is 1.42 bits per heavy atom. The molecule has 19 heavy (non-hydrogen) atoms. The SMILES string of the molecule is CCCc1[nH]nc(C(=O)NCCCCC(C)C)c1N. The van der Waals surface area contributed by atoms with Gasteiger partial charge in [-0.25, -0.2) is 0 Å². The first kappa shape index (κ1) is 15.5. The number of unbranched alkanes of at least 4 members (excludes halogenated alkanes) is 1. The minimum atomic E-state index is -0.180. The fourth-order valence-corrected chi connectivity index (χ4v) is 1.96. The number of aromatic nitrogens is 2. The topological polar surface area (TPSA) is 83.8 Å². The molecule has 0 saturated heterocycles. The van der Waals surface area contributed by atoms with Crippen LogP contribution in [-0.2, 0) is 6.42 Å². The van der Waals surface area contributed by atoms with E-state index < -0.39 is 0 Å². The van der Waals surface area contributed by atoms with Gasteiger partial charge in [-0.2, -0.15) is 5.10 Å². The number of amides is 1. The van der Waals surface area contributed by atoms with Gasteiger partial charge in [0.15, 0.2) is 5.69 Å². The Balaban J connectivity index is 2.37. The van der Waals surface area contributed by atoms with Crippen molar-refractivity contribution in [1.82, 2.24) is 15.5 Å². The predicted molar refractivity (Wildman–Crippen MR) is 78.0 cm³/mol. The first-order chi connectivity index (χ1) is 9.06. The molecule has 1 amide bonds. The molecule has 5 heteroatoms. The van der Waals surface area contributed by atoms with Gasteiger partial charge >= 0.3 is 0 Å². The van der Waals surface area contributed by atoms with Gasteiger partial charge in [0, 0.05) is 6.54 Å². The number of aromatic amines is 1. The number of carbonyl (C=O) groups excluding carboxylic acids is 1. The molecular formula is C14H26N4O. The van der Waals surface area contributed by atoms with Crippen LogP contribution in [0.1, 0.15) is 62.6 Å². The smallest absolute Gasteiger partial charge is 0.273 e. The average molecular weight is 266 g/mol. The van der Waals surface area contributed by atoms with Crippen molar-refractivity contribution in [1.29, 1.82) is 0 Å². The van der Waals surface area contributed by atoms with Gasteiger partial charge in [-0.15, -0.1) is 0 Å². The van der Waals surface area contributed by atoms with Gasteiger partial charge in [-0.1, -0.05) is 40.0 Å². The number of aryl methyl sites for hydroxylation is 1. The highest BCUT2D eigenvalue weighted by molar-refractivity contribution is 5.97. The van der Waals surface area contributed by atoms with Crippen LogP contribution in [0, 0.1) is 5.92 Å². The van der Waals surface area contributed by atoms with Crippen LogP contribution >= 0.6 is 0 Å². The lowest BCUT2D eigenvalue weighted by Gasteiger charge is -2.05. The third-order valence-corrected chi connectivity index (χ3v) is 3.09. The van der Waals surface area contributed by atoms with E-state index in [2.05, 4.69) is 36.3 Å². The summed E-state index contributed by atoms with van der Waals surface area (Å²) in [5.41, 5.74) is 7.57. The molecule has 0 saturated carbocycles. The van der Waals surface area contributed by atoms with Crippen molar-refractivity contribution in [2.24, 2.45) is 5.92 Å². The lowest BCUT2D eigenvalue weighted by Crippen LogP contribution is -2.25. The molecule has 1 aromatic rings. The van der Waals surface area contributed by atoms with Gasteiger partial charge in [0.1, 0.15) is 0 Å². The molecule has 4 N–H and O–H groups in total. The van der Waals surface area contributed by atoms with Crippen LogP contribution in [0.4, 0.5) is 5.69 Å². The predicted octanol–water partition coefficient (Wildman–Crippen LogP) is 2.50. The third-order valence-electron chi connectivity index (χ3n) is 3.09. The van der Waals surface area contributed by atoms with E-state index in [0.717, 1.165) is 31.4 Å². The molecule has 0 unspecified atom stereocenters. The van der Waals surface area contributed by atoms with Crippen LogP contribution in [0.15, 0.2) is 0 Å². The van der Waals surface area contributed by atoms with Crippen molar-refractivity contribution in [3.8, 4) is 0 Å². The summed E-state index contributed by atoms with van der Waals surface area (Å²) >= 11 is 0. The van der Waals surface area contributed by atoms with Gasteiger partial charge in [0.25, 0.3) is 5.91 Å². The molecule has 1 rings (SSSR count). The van der Waals surface area contributed by atoms with E-state index in [-0.39, 0.29) is 5.91 Å². The molecular weight excluding hydrogens is 240 g/mol. The number of carbonyl (C=O) groups is 1. The zero-order chi connectivity index (χ0) is 14.3. The van der Waals surface area contributed by atoms with Crippen LogP contribution in [0.3, 0.4) is 0 Å². The van der Waals surface area contributed by atoms with Crippen molar-refractivity contribution in [3.05, 3.63) is 11.4 Å². The Bertz CT molecular complexity index is 398. The Hall–Kier alpha value is -1.52. The van der Waals surface area contributed by atoms with E-state index in [4.69, 9.17) is 5.73 Å². The van der Waals surface area contributed by atoms with Gasteiger partial charge < -0.3 is 11.1 Å². The van der Waals surface area contributed by atoms with Crippen LogP contribution in [0.25, 0.3) is 0 Å². The molecule has 0 aliphatic heterocycles. The highest BCUT2D eigenvalue weighted by Gasteiger charge is 2.16. The zero-order valence-corrected chi connectivity index (χ0v) is 12.3. The van der Waals surface area contributed by atoms with Gasteiger partial charge in [0.2, 0.25) is 0 Å². The van der Waals surface area contributed by atoms with Crippen molar-refractivity contribution in [2.45, 2.75) is 52.9 Å². The number of nitrogens with two attached hydrogens (primary N) is 1. The van der Waals surface area contributed by atoms with E-state index in [0.29, 0.717) is 23.8 Å². The summed E-state index contributed by atoms with van der Waals surface area (Å²) in [6.45, 7) is 7.16. The molecule has 1 heterocycles. The summed E-state index contributed by atoms with van der Waals surface area (Å²) < 4.78 is 0. The first-order valence-electron chi connectivity index (χ1n) is 7.17. The average Bonchev–Trinajstić information content (AvgIpc) is 2.71. The lowest BCUT2D eigenvalue weighted by atomic mass is 10.1. The fourth-order valence-electron chi connectivity index (χ4n) is 1.96. The molecule has 0 aromatic carbocycles. The van der Waals surface area contributed by atoms with Gasteiger partial charge in [-0.3, -0.25) is 9.89 Å². The first-order valence-corrected chi connectivity index (χ1v) is 7.17. The number of nitrogen functional groups attached to an aromatic ring is 1. The summed E-state index contributed by atoms with van der Waals surface area (Å²) in [6.07, 6.45) is 5.12. The number of hydrogen-bond acceptors (Lipinski definition) is 3. The number of hydrogen-bond donors (Lipinski definition) is 3. The molecule has 1 aromatic heterocycles. The monoisotopic (exact) mass is 266 g/mol. The lowest BCUT2D eigenvalue weighted by molar-refractivity contribution is 0.0948. The third kappa shape index (κ3) is 4.93. The van der Waals surface area contributed by atoms with Crippen molar-refractivity contribution in [3.63, 3.8) is 0 Å². The molecule has 0 aliphatic carbocycles. The summed E-state index contributed by atoms with van der Waals surface area (Å²) in [5, 5.41) is 9.70. The maximum absolute atomic E-state index is 11.9. The molecule has 0 spiro atoms. The van der Waals surface area contributed by atoms with Crippen molar-refractivity contribution < 1.29 is 4.79 Å². The Labute approximate surface area is 115 Å². The molecule has 0 bridgehead atoms. The van der Waals surface area contributed by atoms with E-state index in [1.807, 2.05) is 0 Å². The second kappa shape index (κ2) is 7.81. The largest absolute Gasteiger partial charge is 0.395 e. The van der Waals surface area contributed by atoms with E-state index in [1.165, 1.54) is 6.42 Å². The number of rotatable bonds is 8. The number of anilines is 1. The zero-order valence-electron chi connectivity index (χ0n) is 12.3. The second-order valence-corrected chi connectivity index (χ2v) is 5.36. The fraction of sp³-hybridized carbons (Fsp3) is 0.714. The summed E-state index contributed by atoms with van der Waals surface area (Å²) in [5.74, 6) is 0.537. The van der Waals surface area contributed by atoms with Gasteiger partial charge in [-0.05, 0) is 18.8 Å². The van der Waals surface area contributed by atoms with E-state index in [1.54, 1.807) is 0 Å². The molecule has 0 radical (unpaired) electrons. The van der Waals surface area contributed by atoms with Crippen molar-refractivity contribution >= 4 is 11.6 Å². The van der Waals surface area contributed by atoms with Gasteiger partial charge in [0.05, 0.1) is 11.4 Å². The standard InChI is InChI=1S/C14H26N4O/c1-4-7-11-12(15)13(18-17-11)14(19)16-9-6-5-8-10(2)3/h10H,4-9,15H2,1-3H3,(H,16,19)(H,17,18). The Kier molecular flexibility index (Phi) is 6.39. The number of nitrogens with zero attached hydrogens (tertiary/aromatic N) is 1. The number of nitrogens with one attached hydrogen (secondary N) is 2. The van der Waals surface area contributed by atoms with Crippen LogP contribution in [-0.4, -0.2) is 22.6 Å². The highest BCUT2D eigenvalue weighted by atomic mass is 16.1. The van der Waals surface area contributed by atoms with Crippen molar-refractivity contribution in [2.75, 3.05) is 12.3 Å². The summed E-state index contributed by atoms with van der Waals surface area (Å²) in [7, 11) is 0. The normalized spacial score (nSPS) is 10.9. The van der Waals surface area contributed by atoms with Crippen LogP contribution < -0.4 is 11.1 Å². The molecule has 0 aliphatic rings. The number of H-pyrrole nitrogens is 1. The quantitative estimate of drug-likeness (QED) is 0.632. The maximum Gasteiger partial charge on any atom is 0.273 e. The second-order valence-electron chi connectivity index (χ2n) is 5.36. The molecule has 0 fully saturated rings. The minimum Gasteiger partial charge on any atom is -0.395 e. The molecule has 108 valence electrons. The van der Waals surface area contributed by atoms with Crippen LogP contribution in [0.2, 0.25) is 0 Å². The summed E-state index contributed by atoms with van der Waals surface area (Å²) in [6, 6.07) is 0.